The highest BCUT2D eigenvalue weighted by molar-refractivity contribution is 7.99. The van der Waals surface area contributed by atoms with E-state index in [9.17, 15) is 4.79 Å². The molecule has 0 atom stereocenters. The Morgan fingerprint density at radius 2 is 2.00 bits per heavy atom. The first-order valence-corrected chi connectivity index (χ1v) is 10.3. The molecule has 0 saturated carbocycles. The van der Waals surface area contributed by atoms with E-state index < -0.39 is 0 Å². The first-order chi connectivity index (χ1) is 12.5. The van der Waals surface area contributed by atoms with Gasteiger partial charge in [0.15, 0.2) is 5.16 Å². The van der Waals surface area contributed by atoms with E-state index >= 15 is 0 Å². The lowest BCUT2D eigenvalue weighted by molar-refractivity contribution is 0.813. The highest BCUT2D eigenvalue weighted by atomic mass is 32.2. The summed E-state index contributed by atoms with van der Waals surface area (Å²) in [6, 6.07) is 8.17. The molecular weight excluding hydrogens is 362 g/mol. The SMILES string of the molecule is Cc1cccc(-n2c(SCCCC#N)nc3sc(C)c(C)c3c2=O)c1C. The van der Waals surface area contributed by atoms with Gasteiger partial charge in [0.05, 0.1) is 17.1 Å². The summed E-state index contributed by atoms with van der Waals surface area (Å²) in [5, 5.41) is 10.2. The van der Waals surface area contributed by atoms with Crippen LogP contribution in [0.4, 0.5) is 0 Å². The Bertz CT molecular complexity index is 1070. The van der Waals surface area contributed by atoms with Crippen LogP contribution in [0.25, 0.3) is 15.9 Å². The molecule has 0 fully saturated rings. The molecule has 4 nitrogen and oxygen atoms in total. The molecular formula is C20H21N3OS2. The predicted molar refractivity (Wildman–Crippen MR) is 110 cm³/mol. The summed E-state index contributed by atoms with van der Waals surface area (Å²) in [5.41, 5.74) is 4.12. The van der Waals surface area contributed by atoms with Gasteiger partial charge in [0.25, 0.3) is 5.56 Å². The largest absolute Gasteiger partial charge is 0.268 e. The smallest absolute Gasteiger partial charge is 0.267 e. The van der Waals surface area contributed by atoms with Gasteiger partial charge in [-0.1, -0.05) is 23.9 Å². The quantitative estimate of drug-likeness (QED) is 0.350. The van der Waals surface area contributed by atoms with Gasteiger partial charge in [-0.25, -0.2) is 4.98 Å². The molecule has 3 rings (SSSR count). The molecule has 26 heavy (non-hydrogen) atoms. The number of nitrogens with zero attached hydrogens (tertiary/aromatic N) is 3. The monoisotopic (exact) mass is 383 g/mol. The minimum Gasteiger partial charge on any atom is -0.268 e. The van der Waals surface area contributed by atoms with Crippen LogP contribution in [-0.2, 0) is 0 Å². The van der Waals surface area contributed by atoms with Gasteiger partial charge in [0.1, 0.15) is 4.83 Å². The van der Waals surface area contributed by atoms with Crippen LogP contribution in [-0.4, -0.2) is 15.3 Å². The number of thiophene rings is 1. The fourth-order valence-electron chi connectivity index (χ4n) is 2.88. The lowest BCUT2D eigenvalue weighted by atomic mass is 10.1. The van der Waals surface area contributed by atoms with Crippen LogP contribution in [0.5, 0.6) is 0 Å². The number of hydrogen-bond acceptors (Lipinski definition) is 5. The zero-order valence-corrected chi connectivity index (χ0v) is 17.1. The van der Waals surface area contributed by atoms with Crippen molar-refractivity contribution in [2.24, 2.45) is 0 Å². The fourth-order valence-corrected chi connectivity index (χ4v) is 4.89. The van der Waals surface area contributed by atoms with Crippen molar-refractivity contribution >= 4 is 33.3 Å². The van der Waals surface area contributed by atoms with Crippen LogP contribution in [0.15, 0.2) is 28.2 Å². The van der Waals surface area contributed by atoms with Crippen LogP contribution in [0.1, 0.15) is 34.4 Å². The molecule has 134 valence electrons. The van der Waals surface area contributed by atoms with Gasteiger partial charge in [-0.15, -0.1) is 11.3 Å². The van der Waals surface area contributed by atoms with E-state index in [0.717, 1.165) is 49.6 Å². The van der Waals surface area contributed by atoms with Crippen molar-refractivity contribution in [3.05, 3.63) is 50.1 Å². The number of nitriles is 1. The first kappa shape index (κ1) is 18.7. The van der Waals surface area contributed by atoms with Gasteiger partial charge in [-0.2, -0.15) is 5.26 Å². The van der Waals surface area contributed by atoms with Crippen molar-refractivity contribution in [3.8, 4) is 11.8 Å². The Morgan fingerprint density at radius 3 is 2.73 bits per heavy atom. The molecule has 0 aliphatic carbocycles. The second kappa shape index (κ2) is 7.65. The normalized spacial score (nSPS) is 11.0. The van der Waals surface area contributed by atoms with E-state index in [1.54, 1.807) is 27.7 Å². The molecule has 0 amide bonds. The van der Waals surface area contributed by atoms with Gasteiger partial charge in [-0.05, 0) is 56.9 Å². The van der Waals surface area contributed by atoms with E-state index in [1.165, 1.54) is 0 Å². The molecule has 0 saturated heterocycles. The van der Waals surface area contributed by atoms with Gasteiger partial charge in [0.2, 0.25) is 0 Å². The van der Waals surface area contributed by atoms with E-state index in [2.05, 4.69) is 19.1 Å². The Kier molecular flexibility index (Phi) is 5.49. The highest BCUT2D eigenvalue weighted by Crippen LogP contribution is 2.30. The van der Waals surface area contributed by atoms with Gasteiger partial charge < -0.3 is 0 Å². The number of benzene rings is 1. The molecule has 0 unspecified atom stereocenters. The van der Waals surface area contributed by atoms with Crippen LogP contribution in [0, 0.1) is 39.0 Å². The van der Waals surface area contributed by atoms with E-state index in [-0.39, 0.29) is 5.56 Å². The second-order valence-electron chi connectivity index (χ2n) is 6.33. The number of hydrogen-bond donors (Lipinski definition) is 0. The van der Waals surface area contributed by atoms with E-state index in [1.807, 2.05) is 32.9 Å². The molecule has 0 aliphatic rings. The molecule has 0 bridgehead atoms. The Balaban J connectivity index is 2.25. The van der Waals surface area contributed by atoms with Crippen molar-refractivity contribution in [2.75, 3.05) is 5.75 Å². The maximum atomic E-state index is 13.4. The van der Waals surface area contributed by atoms with Crippen LogP contribution < -0.4 is 5.56 Å². The Hall–Kier alpha value is -2.10. The minimum absolute atomic E-state index is 0.00617. The third-order valence-corrected chi connectivity index (χ3v) is 6.78. The summed E-state index contributed by atoms with van der Waals surface area (Å²) in [7, 11) is 0. The number of aryl methyl sites for hydroxylation is 3. The van der Waals surface area contributed by atoms with Gasteiger partial charge >= 0.3 is 0 Å². The van der Waals surface area contributed by atoms with E-state index in [4.69, 9.17) is 10.2 Å². The summed E-state index contributed by atoms with van der Waals surface area (Å²) < 4.78 is 1.75. The number of rotatable bonds is 5. The molecule has 3 aromatic rings. The fraction of sp³-hybridized carbons (Fsp3) is 0.350. The van der Waals surface area contributed by atoms with Crippen LogP contribution >= 0.6 is 23.1 Å². The Morgan fingerprint density at radius 1 is 1.23 bits per heavy atom. The van der Waals surface area contributed by atoms with Crippen molar-refractivity contribution in [2.45, 2.75) is 45.7 Å². The number of thioether (sulfide) groups is 1. The summed E-state index contributed by atoms with van der Waals surface area (Å²) >= 11 is 3.12. The summed E-state index contributed by atoms with van der Waals surface area (Å²) in [5.74, 6) is 0.764. The highest BCUT2D eigenvalue weighted by Gasteiger charge is 2.19. The molecule has 2 aromatic heterocycles. The molecule has 0 spiro atoms. The maximum absolute atomic E-state index is 13.4. The van der Waals surface area contributed by atoms with Gasteiger partial charge in [-0.3, -0.25) is 9.36 Å². The molecule has 1 aromatic carbocycles. The third kappa shape index (κ3) is 3.29. The maximum Gasteiger partial charge on any atom is 0.267 e. The number of fused-ring (bicyclic) bond motifs is 1. The van der Waals surface area contributed by atoms with Crippen molar-refractivity contribution in [3.63, 3.8) is 0 Å². The van der Waals surface area contributed by atoms with Crippen molar-refractivity contribution < 1.29 is 0 Å². The molecule has 0 radical (unpaired) electrons. The second-order valence-corrected chi connectivity index (χ2v) is 8.59. The summed E-state index contributed by atoms with van der Waals surface area (Å²) in [6.07, 6.45) is 1.30. The topological polar surface area (TPSA) is 58.7 Å². The van der Waals surface area contributed by atoms with E-state index in [0.29, 0.717) is 11.6 Å². The lowest BCUT2D eigenvalue weighted by Gasteiger charge is -2.15. The van der Waals surface area contributed by atoms with Crippen molar-refractivity contribution in [1.29, 1.82) is 5.26 Å². The van der Waals surface area contributed by atoms with Crippen molar-refractivity contribution in [1.82, 2.24) is 9.55 Å². The first-order valence-electron chi connectivity index (χ1n) is 8.54. The molecule has 0 N–H and O–H groups in total. The number of unbranched alkanes of at least 4 members (excludes halogenated alkanes) is 1. The average Bonchev–Trinajstić information content (AvgIpc) is 2.89. The summed E-state index contributed by atoms with van der Waals surface area (Å²) in [6.45, 7) is 8.11. The van der Waals surface area contributed by atoms with Gasteiger partial charge in [0, 0.05) is 17.1 Å². The minimum atomic E-state index is -0.00617. The predicted octanol–water partition coefficient (Wildman–Crippen LogP) is 5.08. The third-order valence-electron chi connectivity index (χ3n) is 4.65. The summed E-state index contributed by atoms with van der Waals surface area (Å²) in [4.78, 5) is 20.2. The lowest BCUT2D eigenvalue weighted by Crippen LogP contribution is -2.22. The average molecular weight is 384 g/mol. The zero-order chi connectivity index (χ0) is 18.8. The van der Waals surface area contributed by atoms with Crippen LogP contribution in [0.2, 0.25) is 0 Å². The number of aromatic nitrogens is 2. The zero-order valence-electron chi connectivity index (χ0n) is 15.4. The molecule has 2 heterocycles. The van der Waals surface area contributed by atoms with Crippen LogP contribution in [0.3, 0.4) is 0 Å². The molecule has 0 aliphatic heterocycles. The Labute approximate surface area is 161 Å². The molecule has 6 heteroatoms. The standard InChI is InChI=1S/C20H21N3OS2/c1-12-8-7-9-16(13(12)2)23-19(24)17-14(3)15(4)26-18(17)22-20(23)25-11-6-5-10-21/h7-9H,5-6,11H2,1-4H3.